The van der Waals surface area contributed by atoms with Crippen molar-refractivity contribution in [1.82, 2.24) is 9.78 Å². The maximum Gasteiger partial charge on any atom is 0.255 e. The van der Waals surface area contributed by atoms with Gasteiger partial charge in [-0.2, -0.15) is 5.10 Å². The lowest BCUT2D eigenvalue weighted by Gasteiger charge is -2.07. The number of carbonyl (C=O) groups excluding carboxylic acids is 1. The Bertz CT molecular complexity index is 750. The summed E-state index contributed by atoms with van der Waals surface area (Å²) in [6, 6.07) is 16.9. The molecule has 0 aliphatic rings. The predicted molar refractivity (Wildman–Crippen MR) is 89.9 cm³/mol. The number of carbonyl (C=O) groups is 1. The molecule has 4 nitrogen and oxygen atoms in total. The van der Waals surface area contributed by atoms with Crippen LogP contribution in [0.25, 0.3) is 0 Å². The van der Waals surface area contributed by atoms with E-state index in [1.807, 2.05) is 65.5 Å². The van der Waals surface area contributed by atoms with Crippen molar-refractivity contribution in [3.63, 3.8) is 0 Å². The minimum Gasteiger partial charge on any atom is -0.322 e. The number of benzene rings is 2. The number of aromatic nitrogens is 2. The Balaban J connectivity index is 1.66. The van der Waals surface area contributed by atoms with Crippen LogP contribution in [0.1, 0.15) is 15.9 Å². The number of hydrogen-bond donors (Lipinski definition) is 1. The Morgan fingerprint density at radius 1 is 1.09 bits per heavy atom. The molecule has 0 unspecified atom stereocenters. The third-order valence-corrected chi connectivity index (χ3v) is 3.75. The van der Waals surface area contributed by atoms with Crippen molar-refractivity contribution in [2.45, 2.75) is 6.54 Å². The monoisotopic (exact) mass is 355 g/mol. The van der Waals surface area contributed by atoms with Crippen molar-refractivity contribution in [2.75, 3.05) is 5.32 Å². The van der Waals surface area contributed by atoms with Crippen LogP contribution in [0.5, 0.6) is 0 Å². The minimum absolute atomic E-state index is 0.118. The first-order valence-electron chi connectivity index (χ1n) is 6.84. The summed E-state index contributed by atoms with van der Waals surface area (Å²) < 4.78 is 2.82. The number of hydrogen-bond acceptors (Lipinski definition) is 2. The van der Waals surface area contributed by atoms with E-state index in [2.05, 4.69) is 26.3 Å². The number of amides is 1. The molecule has 0 aliphatic heterocycles. The van der Waals surface area contributed by atoms with E-state index < -0.39 is 0 Å². The number of rotatable bonds is 4. The Hall–Kier alpha value is -2.40. The Labute approximate surface area is 136 Å². The molecule has 0 bridgehead atoms. The lowest BCUT2D eigenvalue weighted by atomic mass is 10.1. The largest absolute Gasteiger partial charge is 0.322 e. The molecule has 2 aromatic carbocycles. The van der Waals surface area contributed by atoms with Crippen LogP contribution in [-0.2, 0) is 6.54 Å². The van der Waals surface area contributed by atoms with Crippen LogP contribution >= 0.6 is 15.9 Å². The first kappa shape index (κ1) is 14.5. The topological polar surface area (TPSA) is 46.9 Å². The number of anilines is 1. The zero-order chi connectivity index (χ0) is 15.4. The number of nitrogens with zero attached hydrogens (tertiary/aromatic N) is 2. The SMILES string of the molecule is O=C(Nc1ccc(Br)cc1)c1ccc(Cn2cccn2)cc1. The van der Waals surface area contributed by atoms with Gasteiger partial charge in [0.15, 0.2) is 0 Å². The molecule has 110 valence electrons. The van der Waals surface area contributed by atoms with E-state index in [9.17, 15) is 4.79 Å². The lowest BCUT2D eigenvalue weighted by Crippen LogP contribution is -2.11. The molecule has 0 aliphatic carbocycles. The molecule has 1 amide bonds. The first-order valence-corrected chi connectivity index (χ1v) is 7.63. The van der Waals surface area contributed by atoms with Gasteiger partial charge in [-0.1, -0.05) is 28.1 Å². The van der Waals surface area contributed by atoms with Gasteiger partial charge in [0.1, 0.15) is 0 Å². The molecule has 0 fully saturated rings. The second kappa shape index (κ2) is 6.58. The normalized spacial score (nSPS) is 10.4. The smallest absolute Gasteiger partial charge is 0.255 e. The summed E-state index contributed by atoms with van der Waals surface area (Å²) in [5.41, 5.74) is 2.50. The van der Waals surface area contributed by atoms with Gasteiger partial charge < -0.3 is 5.32 Å². The standard InChI is InChI=1S/C17H14BrN3O/c18-15-6-8-16(9-7-15)20-17(22)14-4-2-13(3-5-14)12-21-11-1-10-19-21/h1-11H,12H2,(H,20,22). The fraction of sp³-hybridized carbons (Fsp3) is 0.0588. The molecule has 1 heterocycles. The summed E-state index contributed by atoms with van der Waals surface area (Å²) in [5.74, 6) is -0.118. The van der Waals surface area contributed by atoms with Gasteiger partial charge in [0.2, 0.25) is 0 Å². The van der Waals surface area contributed by atoms with Gasteiger partial charge in [-0.15, -0.1) is 0 Å². The van der Waals surface area contributed by atoms with E-state index >= 15 is 0 Å². The fourth-order valence-electron chi connectivity index (χ4n) is 2.08. The molecular formula is C17H14BrN3O. The van der Waals surface area contributed by atoms with Crippen LogP contribution in [0, 0.1) is 0 Å². The highest BCUT2D eigenvalue weighted by Crippen LogP contribution is 2.15. The molecule has 22 heavy (non-hydrogen) atoms. The highest BCUT2D eigenvalue weighted by molar-refractivity contribution is 9.10. The highest BCUT2D eigenvalue weighted by atomic mass is 79.9. The average molecular weight is 356 g/mol. The van der Waals surface area contributed by atoms with Crippen LogP contribution in [0.15, 0.2) is 71.5 Å². The molecule has 1 aromatic heterocycles. The van der Waals surface area contributed by atoms with Gasteiger partial charge in [0.05, 0.1) is 6.54 Å². The molecule has 0 saturated heterocycles. The maximum atomic E-state index is 12.2. The average Bonchev–Trinajstić information content (AvgIpc) is 3.03. The maximum absolute atomic E-state index is 12.2. The van der Waals surface area contributed by atoms with Crippen molar-refractivity contribution in [2.24, 2.45) is 0 Å². The molecule has 3 aromatic rings. The van der Waals surface area contributed by atoms with Gasteiger partial charge in [-0.05, 0) is 48.0 Å². The number of nitrogens with one attached hydrogen (secondary N) is 1. The molecule has 0 saturated carbocycles. The fourth-order valence-corrected chi connectivity index (χ4v) is 2.34. The Morgan fingerprint density at radius 2 is 1.82 bits per heavy atom. The van der Waals surface area contributed by atoms with Crippen molar-refractivity contribution in [3.05, 3.63) is 82.6 Å². The second-order valence-electron chi connectivity index (χ2n) is 4.86. The van der Waals surface area contributed by atoms with Crippen LogP contribution in [0.4, 0.5) is 5.69 Å². The van der Waals surface area contributed by atoms with Crippen LogP contribution in [-0.4, -0.2) is 15.7 Å². The van der Waals surface area contributed by atoms with Crippen molar-refractivity contribution in [3.8, 4) is 0 Å². The van der Waals surface area contributed by atoms with Gasteiger partial charge in [0.25, 0.3) is 5.91 Å². The third-order valence-electron chi connectivity index (χ3n) is 3.22. The second-order valence-corrected chi connectivity index (χ2v) is 5.78. The molecule has 0 atom stereocenters. The van der Waals surface area contributed by atoms with E-state index in [1.165, 1.54) is 0 Å². The summed E-state index contributed by atoms with van der Waals surface area (Å²) in [7, 11) is 0. The van der Waals surface area contributed by atoms with E-state index in [1.54, 1.807) is 6.20 Å². The molecule has 1 N–H and O–H groups in total. The molecule has 0 spiro atoms. The van der Waals surface area contributed by atoms with Crippen molar-refractivity contribution >= 4 is 27.5 Å². The van der Waals surface area contributed by atoms with Crippen molar-refractivity contribution < 1.29 is 4.79 Å². The van der Waals surface area contributed by atoms with Crippen LogP contribution in [0.2, 0.25) is 0 Å². The van der Waals surface area contributed by atoms with Gasteiger partial charge >= 0.3 is 0 Å². The van der Waals surface area contributed by atoms with E-state index in [0.29, 0.717) is 12.1 Å². The molecule has 0 radical (unpaired) electrons. The Kier molecular flexibility index (Phi) is 4.34. The van der Waals surface area contributed by atoms with Gasteiger partial charge in [0, 0.05) is 28.1 Å². The van der Waals surface area contributed by atoms with Crippen LogP contribution < -0.4 is 5.32 Å². The van der Waals surface area contributed by atoms with E-state index in [-0.39, 0.29) is 5.91 Å². The van der Waals surface area contributed by atoms with Gasteiger partial charge in [-0.3, -0.25) is 9.48 Å². The first-order chi connectivity index (χ1) is 10.7. The molecular weight excluding hydrogens is 342 g/mol. The van der Waals surface area contributed by atoms with E-state index in [4.69, 9.17) is 0 Å². The van der Waals surface area contributed by atoms with E-state index in [0.717, 1.165) is 15.7 Å². The molecule has 3 rings (SSSR count). The summed E-state index contributed by atoms with van der Waals surface area (Å²) in [6.07, 6.45) is 3.66. The lowest BCUT2D eigenvalue weighted by molar-refractivity contribution is 0.102. The summed E-state index contributed by atoms with van der Waals surface area (Å²) in [6.45, 7) is 0.696. The summed E-state index contributed by atoms with van der Waals surface area (Å²) in [4.78, 5) is 12.2. The van der Waals surface area contributed by atoms with Crippen LogP contribution in [0.3, 0.4) is 0 Å². The predicted octanol–water partition coefficient (Wildman–Crippen LogP) is 3.95. The zero-order valence-electron chi connectivity index (χ0n) is 11.7. The Morgan fingerprint density at radius 3 is 2.45 bits per heavy atom. The molecule has 5 heteroatoms. The third kappa shape index (κ3) is 3.62. The zero-order valence-corrected chi connectivity index (χ0v) is 13.3. The minimum atomic E-state index is -0.118. The van der Waals surface area contributed by atoms with Crippen molar-refractivity contribution in [1.29, 1.82) is 0 Å². The summed E-state index contributed by atoms with van der Waals surface area (Å²) in [5, 5.41) is 7.04. The summed E-state index contributed by atoms with van der Waals surface area (Å²) >= 11 is 3.37. The quantitative estimate of drug-likeness (QED) is 0.770. The number of halogens is 1. The van der Waals surface area contributed by atoms with Gasteiger partial charge in [-0.25, -0.2) is 0 Å². The highest BCUT2D eigenvalue weighted by Gasteiger charge is 2.06.